The molecule has 0 aromatic heterocycles. The normalized spacial score (nSPS) is 11.7. The summed E-state index contributed by atoms with van der Waals surface area (Å²) in [5, 5.41) is 27.7. The summed E-state index contributed by atoms with van der Waals surface area (Å²) in [7, 11) is 0. The highest BCUT2D eigenvalue weighted by molar-refractivity contribution is 5.36. The predicted octanol–water partition coefficient (Wildman–Crippen LogP) is 1.19. The molecule has 1 atom stereocenters. The van der Waals surface area contributed by atoms with Crippen LogP contribution in [0.2, 0.25) is 0 Å². The molecule has 1 aromatic rings. The van der Waals surface area contributed by atoms with E-state index in [4.69, 9.17) is 10.4 Å². The molecule has 1 N–H and O–H groups in total. The lowest BCUT2D eigenvalue weighted by Crippen LogP contribution is -2.00. The van der Waals surface area contributed by atoms with Crippen LogP contribution in [0.4, 0.5) is 5.69 Å². The summed E-state index contributed by atoms with van der Waals surface area (Å²) in [6.07, 6.45) is 0. The first-order chi connectivity index (χ1) is 6.69. The molecule has 14 heavy (non-hydrogen) atoms. The lowest BCUT2D eigenvalue weighted by atomic mass is 10.0. The minimum Gasteiger partial charge on any atom is -0.395 e. The van der Waals surface area contributed by atoms with Gasteiger partial charge in [-0.1, -0.05) is 12.1 Å². The van der Waals surface area contributed by atoms with Crippen LogP contribution in [-0.4, -0.2) is 16.6 Å². The number of aliphatic hydroxyl groups excluding tert-OH is 1. The SMILES string of the molecule is N#CC(CO)c1ccc([N+](=O)[O-])cc1. The minimum absolute atomic E-state index is 0.0246. The zero-order chi connectivity index (χ0) is 10.6. The number of nitro benzene ring substituents is 1. The van der Waals surface area contributed by atoms with E-state index >= 15 is 0 Å². The molecule has 1 rings (SSSR count). The van der Waals surface area contributed by atoms with Crippen LogP contribution in [0.1, 0.15) is 11.5 Å². The summed E-state index contributed by atoms with van der Waals surface area (Å²) in [4.78, 5) is 9.80. The number of nitrogens with zero attached hydrogens (tertiary/aromatic N) is 2. The van der Waals surface area contributed by atoms with Gasteiger partial charge < -0.3 is 5.11 Å². The first-order valence-electron chi connectivity index (χ1n) is 3.94. The van der Waals surface area contributed by atoms with Gasteiger partial charge in [0.2, 0.25) is 0 Å². The van der Waals surface area contributed by atoms with Gasteiger partial charge in [-0.05, 0) is 5.56 Å². The maximum Gasteiger partial charge on any atom is 0.269 e. The maximum atomic E-state index is 10.3. The number of hydrogen-bond donors (Lipinski definition) is 1. The second-order valence-corrected chi connectivity index (χ2v) is 2.71. The Balaban J connectivity index is 2.94. The largest absolute Gasteiger partial charge is 0.395 e. The second kappa shape index (κ2) is 4.35. The van der Waals surface area contributed by atoms with Gasteiger partial charge in [0, 0.05) is 12.1 Å². The Morgan fingerprint density at radius 3 is 2.43 bits per heavy atom. The van der Waals surface area contributed by atoms with Crippen molar-refractivity contribution >= 4 is 5.69 Å². The molecule has 0 aliphatic rings. The molecule has 0 saturated carbocycles. The van der Waals surface area contributed by atoms with Crippen LogP contribution < -0.4 is 0 Å². The van der Waals surface area contributed by atoms with E-state index in [-0.39, 0.29) is 12.3 Å². The summed E-state index contributed by atoms with van der Waals surface area (Å²) >= 11 is 0. The summed E-state index contributed by atoms with van der Waals surface area (Å²) in [6, 6.07) is 7.48. The Morgan fingerprint density at radius 1 is 1.50 bits per heavy atom. The van der Waals surface area contributed by atoms with E-state index in [1.807, 2.05) is 6.07 Å². The number of non-ortho nitro benzene ring substituents is 1. The average Bonchev–Trinajstić information content (AvgIpc) is 2.20. The summed E-state index contributed by atoms with van der Waals surface area (Å²) in [6.45, 7) is -0.283. The van der Waals surface area contributed by atoms with Crippen molar-refractivity contribution in [1.82, 2.24) is 0 Å². The fourth-order valence-corrected chi connectivity index (χ4v) is 1.05. The van der Waals surface area contributed by atoms with Crippen molar-refractivity contribution < 1.29 is 10.0 Å². The fourth-order valence-electron chi connectivity index (χ4n) is 1.05. The summed E-state index contributed by atoms with van der Waals surface area (Å²) in [5.74, 6) is -0.615. The Morgan fingerprint density at radius 2 is 2.07 bits per heavy atom. The first-order valence-corrected chi connectivity index (χ1v) is 3.94. The molecule has 0 aliphatic carbocycles. The number of aliphatic hydroxyl groups is 1. The van der Waals surface area contributed by atoms with Crippen molar-refractivity contribution in [1.29, 1.82) is 5.26 Å². The molecule has 0 amide bonds. The van der Waals surface area contributed by atoms with E-state index in [0.29, 0.717) is 5.56 Å². The molecule has 0 bridgehead atoms. The number of rotatable bonds is 3. The van der Waals surface area contributed by atoms with E-state index in [1.165, 1.54) is 24.3 Å². The second-order valence-electron chi connectivity index (χ2n) is 2.71. The van der Waals surface area contributed by atoms with Crippen molar-refractivity contribution in [3.63, 3.8) is 0 Å². The quantitative estimate of drug-likeness (QED) is 0.575. The van der Waals surface area contributed by atoms with Crippen LogP contribution in [0.15, 0.2) is 24.3 Å². The van der Waals surface area contributed by atoms with Crippen LogP contribution in [0.25, 0.3) is 0 Å². The van der Waals surface area contributed by atoms with Gasteiger partial charge in [0.1, 0.15) is 0 Å². The van der Waals surface area contributed by atoms with Gasteiger partial charge in [-0.2, -0.15) is 5.26 Å². The zero-order valence-electron chi connectivity index (χ0n) is 7.25. The minimum atomic E-state index is -0.615. The molecule has 0 aliphatic heterocycles. The molecule has 1 aromatic carbocycles. The van der Waals surface area contributed by atoms with Crippen molar-refractivity contribution in [3.05, 3.63) is 39.9 Å². The highest BCUT2D eigenvalue weighted by atomic mass is 16.6. The lowest BCUT2D eigenvalue weighted by molar-refractivity contribution is -0.384. The van der Waals surface area contributed by atoms with Crippen LogP contribution in [-0.2, 0) is 0 Å². The number of hydrogen-bond acceptors (Lipinski definition) is 4. The average molecular weight is 192 g/mol. The van der Waals surface area contributed by atoms with E-state index in [0.717, 1.165) is 0 Å². The molecular weight excluding hydrogens is 184 g/mol. The smallest absolute Gasteiger partial charge is 0.269 e. The maximum absolute atomic E-state index is 10.3. The molecule has 0 fully saturated rings. The van der Waals surface area contributed by atoms with Gasteiger partial charge >= 0.3 is 0 Å². The van der Waals surface area contributed by atoms with E-state index in [9.17, 15) is 10.1 Å². The Kier molecular flexibility index (Phi) is 3.15. The van der Waals surface area contributed by atoms with Gasteiger partial charge in [-0.3, -0.25) is 10.1 Å². The van der Waals surface area contributed by atoms with E-state index in [2.05, 4.69) is 0 Å². The Bertz CT molecular complexity index is 367. The summed E-state index contributed by atoms with van der Waals surface area (Å²) in [5.41, 5.74) is 0.559. The van der Waals surface area contributed by atoms with Crippen molar-refractivity contribution in [2.24, 2.45) is 0 Å². The topological polar surface area (TPSA) is 87.2 Å². The fraction of sp³-hybridized carbons (Fsp3) is 0.222. The molecule has 1 unspecified atom stereocenters. The van der Waals surface area contributed by atoms with Crippen LogP contribution in [0.3, 0.4) is 0 Å². The lowest BCUT2D eigenvalue weighted by Gasteiger charge is -2.03. The zero-order valence-corrected chi connectivity index (χ0v) is 7.25. The highest BCUT2D eigenvalue weighted by Gasteiger charge is 2.10. The highest BCUT2D eigenvalue weighted by Crippen LogP contribution is 2.18. The third kappa shape index (κ3) is 2.06. The van der Waals surface area contributed by atoms with Gasteiger partial charge in [-0.25, -0.2) is 0 Å². The molecule has 0 saturated heterocycles. The van der Waals surface area contributed by atoms with E-state index < -0.39 is 10.8 Å². The van der Waals surface area contributed by atoms with Crippen molar-refractivity contribution in [3.8, 4) is 6.07 Å². The van der Waals surface area contributed by atoms with Gasteiger partial charge in [-0.15, -0.1) is 0 Å². The number of nitro groups is 1. The number of benzene rings is 1. The molecule has 72 valence electrons. The van der Waals surface area contributed by atoms with Crippen LogP contribution in [0.5, 0.6) is 0 Å². The van der Waals surface area contributed by atoms with Crippen LogP contribution in [0, 0.1) is 21.4 Å². The van der Waals surface area contributed by atoms with Crippen molar-refractivity contribution in [2.75, 3.05) is 6.61 Å². The van der Waals surface area contributed by atoms with Gasteiger partial charge in [0.15, 0.2) is 0 Å². The Hall–Kier alpha value is -1.93. The molecule has 0 spiro atoms. The molecular formula is C9H8N2O3. The third-order valence-corrected chi connectivity index (χ3v) is 1.84. The number of nitriles is 1. The van der Waals surface area contributed by atoms with Crippen molar-refractivity contribution in [2.45, 2.75) is 5.92 Å². The van der Waals surface area contributed by atoms with Gasteiger partial charge in [0.25, 0.3) is 5.69 Å². The van der Waals surface area contributed by atoms with Crippen LogP contribution >= 0.6 is 0 Å². The molecule has 5 nitrogen and oxygen atoms in total. The third-order valence-electron chi connectivity index (χ3n) is 1.84. The summed E-state index contributed by atoms with van der Waals surface area (Å²) < 4.78 is 0. The standard InChI is InChI=1S/C9H8N2O3/c10-5-8(6-12)7-1-3-9(4-2-7)11(13)14/h1-4,8,12H,6H2. The molecule has 5 heteroatoms. The molecule has 0 radical (unpaired) electrons. The first kappa shape index (κ1) is 10.2. The van der Waals surface area contributed by atoms with Gasteiger partial charge in [0.05, 0.1) is 23.5 Å². The monoisotopic (exact) mass is 192 g/mol. The Labute approximate surface area is 80.4 Å². The van der Waals surface area contributed by atoms with E-state index in [1.54, 1.807) is 0 Å². The predicted molar refractivity (Wildman–Crippen MR) is 48.5 cm³/mol. The molecule has 0 heterocycles.